The molecule has 0 aromatic heterocycles. The van der Waals surface area contributed by atoms with Crippen molar-refractivity contribution in [1.82, 2.24) is 10.2 Å². The van der Waals surface area contributed by atoms with Crippen LogP contribution in [0.2, 0.25) is 5.02 Å². The fraction of sp³-hybridized carbons (Fsp3) is 0.212. The average molecular weight is 575 g/mol. The van der Waals surface area contributed by atoms with Crippen molar-refractivity contribution in [2.24, 2.45) is 0 Å². The minimum atomic E-state index is -0.849. The Morgan fingerprint density at radius 2 is 1.49 bits per heavy atom. The number of carbonyl (C=O) groups is 2. The minimum Gasteiger partial charge on any atom is -0.493 e. The lowest BCUT2D eigenvalue weighted by Crippen LogP contribution is -2.50. The molecule has 6 nitrogen and oxygen atoms in total. The highest BCUT2D eigenvalue weighted by Gasteiger charge is 2.30. The van der Waals surface area contributed by atoms with Crippen LogP contribution >= 0.6 is 11.6 Å². The van der Waals surface area contributed by atoms with Crippen molar-refractivity contribution in [2.75, 3.05) is 14.2 Å². The van der Waals surface area contributed by atoms with Gasteiger partial charge < -0.3 is 19.7 Å². The van der Waals surface area contributed by atoms with E-state index in [1.165, 1.54) is 19.2 Å². The molecule has 4 aromatic rings. The first-order valence-corrected chi connectivity index (χ1v) is 13.6. The zero-order valence-corrected chi connectivity index (χ0v) is 23.7. The molecule has 0 aliphatic heterocycles. The third kappa shape index (κ3) is 8.08. The highest BCUT2D eigenvalue weighted by molar-refractivity contribution is 6.31. The van der Waals surface area contributed by atoms with Crippen molar-refractivity contribution in [2.45, 2.75) is 32.0 Å². The molecule has 0 spiro atoms. The normalized spacial score (nSPS) is 11.4. The summed E-state index contributed by atoms with van der Waals surface area (Å²) in [5.74, 6) is 0.0798. The van der Waals surface area contributed by atoms with E-state index in [9.17, 15) is 14.0 Å². The first-order chi connectivity index (χ1) is 19.9. The predicted octanol–water partition coefficient (Wildman–Crippen LogP) is 6.00. The third-order valence-electron chi connectivity index (χ3n) is 6.75. The van der Waals surface area contributed by atoms with Gasteiger partial charge in [0.25, 0.3) is 0 Å². The number of nitrogens with one attached hydrogen (secondary N) is 1. The summed E-state index contributed by atoms with van der Waals surface area (Å²) in [5.41, 5.74) is 3.06. The van der Waals surface area contributed by atoms with Gasteiger partial charge in [-0.1, -0.05) is 78.3 Å². The van der Waals surface area contributed by atoms with Crippen molar-refractivity contribution in [3.63, 3.8) is 0 Å². The molecule has 0 radical (unpaired) electrons. The van der Waals surface area contributed by atoms with Crippen LogP contribution in [0.3, 0.4) is 0 Å². The molecule has 0 aliphatic carbocycles. The van der Waals surface area contributed by atoms with E-state index < -0.39 is 6.04 Å². The van der Waals surface area contributed by atoms with Gasteiger partial charge in [0.05, 0.1) is 20.6 Å². The molecule has 0 saturated carbocycles. The van der Waals surface area contributed by atoms with Crippen LogP contribution < -0.4 is 14.8 Å². The Bertz CT molecular complexity index is 1460. The Labute approximate surface area is 244 Å². The molecule has 1 N–H and O–H groups in total. The Morgan fingerprint density at radius 3 is 2.17 bits per heavy atom. The first-order valence-electron chi connectivity index (χ1n) is 13.2. The van der Waals surface area contributed by atoms with E-state index in [1.54, 1.807) is 48.4 Å². The third-order valence-corrected chi connectivity index (χ3v) is 7.12. The summed E-state index contributed by atoms with van der Waals surface area (Å²) in [6.45, 7) is 0.321. The zero-order valence-electron chi connectivity index (χ0n) is 23.0. The van der Waals surface area contributed by atoms with Crippen LogP contribution in [-0.4, -0.2) is 37.0 Å². The molecule has 8 heteroatoms. The molecule has 0 heterocycles. The predicted molar refractivity (Wildman–Crippen MR) is 157 cm³/mol. The van der Waals surface area contributed by atoms with Gasteiger partial charge in [0, 0.05) is 24.5 Å². The zero-order chi connectivity index (χ0) is 29.2. The quantitative estimate of drug-likeness (QED) is 0.225. The van der Waals surface area contributed by atoms with Crippen molar-refractivity contribution < 1.29 is 23.5 Å². The summed E-state index contributed by atoms with van der Waals surface area (Å²) < 4.78 is 24.4. The van der Waals surface area contributed by atoms with Gasteiger partial charge in [-0.15, -0.1) is 0 Å². The molecular weight excluding hydrogens is 543 g/mol. The number of nitrogens with zero attached hydrogens (tertiary/aromatic N) is 1. The van der Waals surface area contributed by atoms with E-state index in [0.717, 1.165) is 11.1 Å². The summed E-state index contributed by atoms with van der Waals surface area (Å²) >= 11 is 6.32. The maximum atomic E-state index is 14.0. The van der Waals surface area contributed by atoms with E-state index in [1.807, 2.05) is 48.5 Å². The summed E-state index contributed by atoms with van der Waals surface area (Å²) in [6.07, 6.45) is 0.304. The van der Waals surface area contributed by atoms with Crippen LogP contribution in [0.5, 0.6) is 11.5 Å². The van der Waals surface area contributed by atoms with Gasteiger partial charge >= 0.3 is 0 Å². The standard InChI is InChI=1S/C33H32ClFN2O4/c1-40-30-17-14-25(19-31(30)41-2)20-32(38)37(22-24-12-15-27(35)16-13-24)29(18-23-8-4-3-5-9-23)33(39)36-21-26-10-6-7-11-28(26)34/h3-17,19,29H,18,20-22H2,1-2H3,(H,36,39). The van der Waals surface area contributed by atoms with Crippen molar-refractivity contribution >= 4 is 23.4 Å². The fourth-order valence-corrected chi connectivity index (χ4v) is 4.75. The average Bonchev–Trinajstić information content (AvgIpc) is 2.99. The molecule has 0 saturated heterocycles. The molecule has 1 unspecified atom stereocenters. The van der Waals surface area contributed by atoms with Crippen LogP contribution in [0, 0.1) is 5.82 Å². The lowest BCUT2D eigenvalue weighted by molar-refractivity contribution is -0.140. The van der Waals surface area contributed by atoms with Crippen LogP contribution in [0.25, 0.3) is 0 Å². The van der Waals surface area contributed by atoms with Gasteiger partial charge in [0.1, 0.15) is 11.9 Å². The molecular formula is C33H32ClFN2O4. The first kappa shape index (κ1) is 29.6. The molecule has 0 aliphatic rings. The van der Waals surface area contributed by atoms with Crippen LogP contribution in [0.4, 0.5) is 4.39 Å². The molecule has 41 heavy (non-hydrogen) atoms. The van der Waals surface area contributed by atoms with E-state index in [-0.39, 0.29) is 43.6 Å². The van der Waals surface area contributed by atoms with E-state index >= 15 is 0 Å². The van der Waals surface area contributed by atoms with Gasteiger partial charge in [0.15, 0.2) is 11.5 Å². The number of halogens is 2. The number of methoxy groups -OCH3 is 2. The molecule has 4 rings (SSSR count). The van der Waals surface area contributed by atoms with Gasteiger partial charge in [-0.3, -0.25) is 9.59 Å². The SMILES string of the molecule is COc1ccc(CC(=O)N(Cc2ccc(F)cc2)C(Cc2ccccc2)C(=O)NCc2ccccc2Cl)cc1OC. The van der Waals surface area contributed by atoms with Crippen molar-refractivity contribution in [3.8, 4) is 11.5 Å². The number of benzene rings is 4. The maximum absolute atomic E-state index is 14.0. The van der Waals surface area contributed by atoms with Crippen LogP contribution in [0.1, 0.15) is 22.3 Å². The molecule has 4 aromatic carbocycles. The van der Waals surface area contributed by atoms with Crippen molar-refractivity contribution in [1.29, 1.82) is 0 Å². The van der Waals surface area contributed by atoms with Gasteiger partial charge in [0.2, 0.25) is 11.8 Å². The van der Waals surface area contributed by atoms with Crippen LogP contribution in [-0.2, 0) is 35.5 Å². The van der Waals surface area contributed by atoms with E-state index in [0.29, 0.717) is 27.6 Å². The summed E-state index contributed by atoms with van der Waals surface area (Å²) in [6, 6.07) is 27.1. The number of rotatable bonds is 12. The highest BCUT2D eigenvalue weighted by Crippen LogP contribution is 2.28. The summed E-state index contributed by atoms with van der Waals surface area (Å²) in [7, 11) is 3.08. The Hall–Kier alpha value is -4.36. The van der Waals surface area contributed by atoms with Gasteiger partial charge in [-0.2, -0.15) is 0 Å². The topological polar surface area (TPSA) is 67.9 Å². The molecule has 0 fully saturated rings. The number of hydrogen-bond acceptors (Lipinski definition) is 4. The largest absolute Gasteiger partial charge is 0.493 e. The molecule has 1 atom stereocenters. The smallest absolute Gasteiger partial charge is 0.243 e. The fourth-order valence-electron chi connectivity index (χ4n) is 4.55. The van der Waals surface area contributed by atoms with Gasteiger partial charge in [-0.05, 0) is 52.6 Å². The van der Waals surface area contributed by atoms with Gasteiger partial charge in [-0.25, -0.2) is 4.39 Å². The second kappa shape index (κ2) is 14.3. The Morgan fingerprint density at radius 1 is 0.829 bits per heavy atom. The Kier molecular flexibility index (Phi) is 10.3. The highest BCUT2D eigenvalue weighted by atomic mass is 35.5. The monoisotopic (exact) mass is 574 g/mol. The number of amides is 2. The van der Waals surface area contributed by atoms with E-state index in [4.69, 9.17) is 21.1 Å². The Balaban J connectivity index is 1.67. The summed E-state index contributed by atoms with van der Waals surface area (Å²) in [4.78, 5) is 29.3. The number of hydrogen-bond donors (Lipinski definition) is 1. The number of carbonyl (C=O) groups excluding carboxylic acids is 2. The summed E-state index contributed by atoms with van der Waals surface area (Å²) in [5, 5.41) is 3.52. The molecule has 0 bridgehead atoms. The second-order valence-electron chi connectivity index (χ2n) is 9.53. The minimum absolute atomic E-state index is 0.0185. The number of ether oxygens (including phenoxy) is 2. The second-order valence-corrected chi connectivity index (χ2v) is 9.94. The van der Waals surface area contributed by atoms with E-state index in [2.05, 4.69) is 5.32 Å². The van der Waals surface area contributed by atoms with Crippen molar-refractivity contribution in [3.05, 3.63) is 130 Å². The molecule has 212 valence electrons. The van der Waals surface area contributed by atoms with Crippen LogP contribution in [0.15, 0.2) is 97.1 Å². The lowest BCUT2D eigenvalue weighted by Gasteiger charge is -2.32. The molecule has 2 amide bonds. The lowest BCUT2D eigenvalue weighted by atomic mass is 10.0. The maximum Gasteiger partial charge on any atom is 0.243 e.